The van der Waals surface area contributed by atoms with Crippen LogP contribution >= 0.6 is 0 Å². The van der Waals surface area contributed by atoms with Gasteiger partial charge in [-0.3, -0.25) is 9.78 Å². The molecule has 1 aromatic heterocycles. The molecule has 0 bridgehead atoms. The number of anilines is 1. The number of hydrogen-bond donors (Lipinski definition) is 1. The predicted octanol–water partition coefficient (Wildman–Crippen LogP) is 2.99. The highest BCUT2D eigenvalue weighted by molar-refractivity contribution is 5.93. The quantitative estimate of drug-likeness (QED) is 0.918. The molecule has 1 unspecified atom stereocenters. The summed E-state index contributed by atoms with van der Waals surface area (Å²) in [7, 11) is 0. The second-order valence-electron chi connectivity index (χ2n) is 5.78. The first-order valence-corrected chi connectivity index (χ1v) is 7.65. The number of carbonyl (C=O) groups is 1. The Morgan fingerprint density at radius 1 is 1.50 bits per heavy atom. The number of nitrogens with one attached hydrogen (secondary N) is 1. The lowest BCUT2D eigenvalue weighted by atomic mass is 9.99. The van der Waals surface area contributed by atoms with E-state index in [4.69, 9.17) is 0 Å². The van der Waals surface area contributed by atoms with Crippen LogP contribution in [-0.4, -0.2) is 29.5 Å². The first kappa shape index (κ1) is 14.8. The number of carbonyl (C=O) groups excluding carboxylic acids is 1. The van der Waals surface area contributed by atoms with E-state index in [2.05, 4.69) is 22.1 Å². The summed E-state index contributed by atoms with van der Waals surface area (Å²) in [6.45, 7) is 7.23. The van der Waals surface area contributed by atoms with E-state index in [-0.39, 0.29) is 11.9 Å². The van der Waals surface area contributed by atoms with Crippen molar-refractivity contribution in [1.29, 1.82) is 0 Å². The van der Waals surface area contributed by atoms with Gasteiger partial charge in [0.2, 0.25) is 0 Å². The number of piperidine rings is 1. The molecule has 0 saturated carbocycles. The van der Waals surface area contributed by atoms with Crippen LogP contribution in [0.4, 0.5) is 5.69 Å². The zero-order chi connectivity index (χ0) is 14.5. The smallest absolute Gasteiger partial charge is 0.270 e. The fourth-order valence-electron chi connectivity index (χ4n) is 2.82. The first-order valence-electron chi connectivity index (χ1n) is 7.65. The Balaban J connectivity index is 2.18. The Hall–Kier alpha value is -1.58. The summed E-state index contributed by atoms with van der Waals surface area (Å²) in [5.41, 5.74) is 1.64. The van der Waals surface area contributed by atoms with Gasteiger partial charge >= 0.3 is 0 Å². The van der Waals surface area contributed by atoms with Gasteiger partial charge in [-0.25, -0.2) is 0 Å². The van der Waals surface area contributed by atoms with Crippen LogP contribution in [-0.2, 0) is 0 Å². The molecule has 1 aromatic rings. The molecule has 1 amide bonds. The number of pyridine rings is 1. The van der Waals surface area contributed by atoms with Gasteiger partial charge in [-0.2, -0.15) is 0 Å². The van der Waals surface area contributed by atoms with Gasteiger partial charge in [0.15, 0.2) is 0 Å². The van der Waals surface area contributed by atoms with Gasteiger partial charge in [0, 0.05) is 30.5 Å². The number of hydrogen-bond acceptors (Lipinski definition) is 3. The van der Waals surface area contributed by atoms with Crippen molar-refractivity contribution in [2.24, 2.45) is 0 Å². The molecule has 0 radical (unpaired) electrons. The molecular weight excluding hydrogens is 250 g/mol. The van der Waals surface area contributed by atoms with Crippen molar-refractivity contribution in [3.63, 3.8) is 0 Å². The van der Waals surface area contributed by atoms with Crippen molar-refractivity contribution < 1.29 is 4.79 Å². The molecule has 0 spiro atoms. The Bertz CT molecular complexity index is 459. The molecule has 1 N–H and O–H groups in total. The van der Waals surface area contributed by atoms with Crippen LogP contribution in [0.1, 0.15) is 56.9 Å². The molecule has 2 heterocycles. The van der Waals surface area contributed by atoms with Crippen LogP contribution in [0.3, 0.4) is 0 Å². The van der Waals surface area contributed by atoms with Gasteiger partial charge in [-0.05, 0) is 51.7 Å². The molecule has 110 valence electrons. The molecule has 1 aliphatic heterocycles. The Labute approximate surface area is 121 Å². The van der Waals surface area contributed by atoms with Gasteiger partial charge in [0.25, 0.3) is 5.91 Å². The SMILES string of the molecule is CCC1CCCCN1c1ccnc(C(=O)NC(C)C)c1. The van der Waals surface area contributed by atoms with E-state index in [1.807, 2.05) is 26.0 Å². The summed E-state index contributed by atoms with van der Waals surface area (Å²) in [4.78, 5) is 18.7. The normalized spacial score (nSPS) is 19.2. The zero-order valence-electron chi connectivity index (χ0n) is 12.7. The van der Waals surface area contributed by atoms with Gasteiger partial charge in [-0.1, -0.05) is 6.92 Å². The largest absolute Gasteiger partial charge is 0.368 e. The van der Waals surface area contributed by atoms with Crippen molar-refractivity contribution in [2.75, 3.05) is 11.4 Å². The molecular formula is C16H25N3O. The average Bonchev–Trinajstić information content (AvgIpc) is 2.46. The minimum atomic E-state index is -0.0908. The van der Waals surface area contributed by atoms with Crippen LogP contribution in [0.2, 0.25) is 0 Å². The first-order chi connectivity index (χ1) is 9.61. The monoisotopic (exact) mass is 275 g/mol. The molecule has 20 heavy (non-hydrogen) atoms. The van der Waals surface area contributed by atoms with E-state index < -0.39 is 0 Å². The number of rotatable bonds is 4. The zero-order valence-corrected chi connectivity index (χ0v) is 12.7. The molecule has 2 rings (SSSR count). The van der Waals surface area contributed by atoms with Crippen LogP contribution in [0, 0.1) is 0 Å². The number of amides is 1. The third-order valence-corrected chi connectivity index (χ3v) is 3.83. The molecule has 1 saturated heterocycles. The van der Waals surface area contributed by atoms with Crippen molar-refractivity contribution in [3.05, 3.63) is 24.0 Å². The molecule has 1 atom stereocenters. The van der Waals surface area contributed by atoms with Crippen LogP contribution < -0.4 is 10.2 Å². The van der Waals surface area contributed by atoms with Crippen molar-refractivity contribution >= 4 is 11.6 Å². The summed E-state index contributed by atoms with van der Waals surface area (Å²) in [5.74, 6) is -0.0908. The third kappa shape index (κ3) is 3.50. The maximum absolute atomic E-state index is 12.0. The van der Waals surface area contributed by atoms with E-state index in [0.717, 1.165) is 18.7 Å². The van der Waals surface area contributed by atoms with E-state index >= 15 is 0 Å². The Kier molecular flexibility index (Phi) is 4.99. The van der Waals surface area contributed by atoms with Crippen molar-refractivity contribution in [1.82, 2.24) is 10.3 Å². The van der Waals surface area contributed by atoms with Crippen molar-refractivity contribution in [3.8, 4) is 0 Å². The van der Waals surface area contributed by atoms with Crippen molar-refractivity contribution in [2.45, 2.75) is 58.5 Å². The standard InChI is InChI=1S/C16H25N3O/c1-4-13-7-5-6-10-19(13)14-8-9-17-15(11-14)16(20)18-12(2)3/h8-9,11-13H,4-7,10H2,1-3H3,(H,18,20). The third-order valence-electron chi connectivity index (χ3n) is 3.83. The maximum Gasteiger partial charge on any atom is 0.270 e. The van der Waals surface area contributed by atoms with Crippen LogP contribution in [0.25, 0.3) is 0 Å². The summed E-state index contributed by atoms with van der Waals surface area (Å²) < 4.78 is 0. The molecule has 4 heteroatoms. The van der Waals surface area contributed by atoms with E-state index in [1.54, 1.807) is 6.20 Å². The number of nitrogens with zero attached hydrogens (tertiary/aromatic N) is 2. The summed E-state index contributed by atoms with van der Waals surface area (Å²) >= 11 is 0. The second-order valence-corrected chi connectivity index (χ2v) is 5.78. The summed E-state index contributed by atoms with van der Waals surface area (Å²) in [6, 6.07) is 4.66. The minimum absolute atomic E-state index is 0.0908. The van der Waals surface area contributed by atoms with Gasteiger partial charge in [-0.15, -0.1) is 0 Å². The fourth-order valence-corrected chi connectivity index (χ4v) is 2.82. The van der Waals surface area contributed by atoms with Crippen LogP contribution in [0.15, 0.2) is 18.3 Å². The predicted molar refractivity (Wildman–Crippen MR) is 82.1 cm³/mol. The molecule has 1 fully saturated rings. The minimum Gasteiger partial charge on any atom is -0.368 e. The second kappa shape index (κ2) is 6.73. The highest BCUT2D eigenvalue weighted by atomic mass is 16.1. The Morgan fingerprint density at radius 2 is 2.30 bits per heavy atom. The molecule has 0 aliphatic carbocycles. The average molecular weight is 275 g/mol. The summed E-state index contributed by atoms with van der Waals surface area (Å²) in [6.07, 6.45) is 6.67. The lowest BCUT2D eigenvalue weighted by Crippen LogP contribution is -2.39. The number of aromatic nitrogens is 1. The highest BCUT2D eigenvalue weighted by Crippen LogP contribution is 2.26. The van der Waals surface area contributed by atoms with Gasteiger partial charge < -0.3 is 10.2 Å². The summed E-state index contributed by atoms with van der Waals surface area (Å²) in [5, 5.41) is 2.89. The molecule has 0 aromatic carbocycles. The topological polar surface area (TPSA) is 45.2 Å². The van der Waals surface area contributed by atoms with Gasteiger partial charge in [0.1, 0.15) is 5.69 Å². The van der Waals surface area contributed by atoms with E-state index in [0.29, 0.717) is 11.7 Å². The highest BCUT2D eigenvalue weighted by Gasteiger charge is 2.22. The maximum atomic E-state index is 12.0. The van der Waals surface area contributed by atoms with Gasteiger partial charge in [0.05, 0.1) is 0 Å². The Morgan fingerprint density at radius 3 is 3.00 bits per heavy atom. The van der Waals surface area contributed by atoms with Crippen LogP contribution in [0.5, 0.6) is 0 Å². The molecule has 4 nitrogen and oxygen atoms in total. The lowest BCUT2D eigenvalue weighted by Gasteiger charge is -2.37. The lowest BCUT2D eigenvalue weighted by molar-refractivity contribution is 0.0938. The fraction of sp³-hybridized carbons (Fsp3) is 0.625. The van der Waals surface area contributed by atoms with E-state index in [9.17, 15) is 4.79 Å². The molecule has 1 aliphatic rings. The van der Waals surface area contributed by atoms with E-state index in [1.165, 1.54) is 19.3 Å².